The summed E-state index contributed by atoms with van der Waals surface area (Å²) in [6, 6.07) is 0.217. The molecule has 0 aliphatic rings. The molecule has 1 amide bonds. The normalized spacial score (nSPS) is 16.3. The Balaban J connectivity index is 3.67. The van der Waals surface area contributed by atoms with Gasteiger partial charge in [-0.2, -0.15) is 0 Å². The summed E-state index contributed by atoms with van der Waals surface area (Å²) in [4.78, 5) is 11.7. The van der Waals surface area contributed by atoms with Gasteiger partial charge in [0, 0.05) is 25.1 Å². The molecule has 17 heavy (non-hydrogen) atoms. The van der Waals surface area contributed by atoms with Crippen molar-refractivity contribution >= 4 is 5.91 Å². The highest BCUT2D eigenvalue weighted by atomic mass is 16.3. The highest BCUT2D eigenvalue weighted by Crippen LogP contribution is 2.09. The molecule has 0 rings (SSSR count). The second-order valence-electron chi connectivity index (χ2n) is 5.17. The molecule has 0 aromatic rings. The molecule has 0 radical (unpaired) electrons. The highest BCUT2D eigenvalue weighted by Gasteiger charge is 2.13. The van der Waals surface area contributed by atoms with Crippen LogP contribution in [0.25, 0.3) is 0 Å². The Hall–Kier alpha value is -0.610. The summed E-state index contributed by atoms with van der Waals surface area (Å²) in [5.74, 6) is 0.495. The third-order valence-corrected chi connectivity index (χ3v) is 2.99. The molecule has 0 aromatic heterocycles. The van der Waals surface area contributed by atoms with E-state index in [4.69, 9.17) is 10.8 Å². The minimum atomic E-state index is 0.0510. The Morgan fingerprint density at radius 2 is 1.88 bits per heavy atom. The Morgan fingerprint density at radius 1 is 1.24 bits per heavy atom. The van der Waals surface area contributed by atoms with Crippen LogP contribution in [0.15, 0.2) is 0 Å². The van der Waals surface area contributed by atoms with Gasteiger partial charge in [0.2, 0.25) is 5.91 Å². The van der Waals surface area contributed by atoms with Crippen LogP contribution in [-0.4, -0.2) is 30.2 Å². The smallest absolute Gasteiger partial charge is 0.222 e. The molecule has 0 aliphatic carbocycles. The average molecular weight is 244 g/mol. The molecule has 0 aliphatic heterocycles. The number of hydrogen-bond donors (Lipinski definition) is 3. The fourth-order valence-electron chi connectivity index (χ4n) is 1.65. The minimum absolute atomic E-state index is 0.0510. The summed E-state index contributed by atoms with van der Waals surface area (Å²) in [5, 5.41) is 11.7. The fourth-order valence-corrected chi connectivity index (χ4v) is 1.65. The molecule has 102 valence electrons. The SMILES string of the molecule is CC(N)CCCC(C)C(=O)NCC(C)CCO. The van der Waals surface area contributed by atoms with E-state index < -0.39 is 0 Å². The van der Waals surface area contributed by atoms with Crippen LogP contribution in [0, 0.1) is 11.8 Å². The lowest BCUT2D eigenvalue weighted by Crippen LogP contribution is -2.33. The van der Waals surface area contributed by atoms with Crippen LogP contribution in [0.2, 0.25) is 0 Å². The van der Waals surface area contributed by atoms with Gasteiger partial charge in [-0.05, 0) is 32.1 Å². The Kier molecular flexibility index (Phi) is 9.09. The van der Waals surface area contributed by atoms with Gasteiger partial charge in [0.15, 0.2) is 0 Å². The van der Waals surface area contributed by atoms with Crippen molar-refractivity contribution in [1.82, 2.24) is 5.32 Å². The lowest BCUT2D eigenvalue weighted by atomic mass is 10.0. The lowest BCUT2D eigenvalue weighted by molar-refractivity contribution is -0.124. The number of rotatable bonds is 9. The van der Waals surface area contributed by atoms with Gasteiger partial charge in [-0.3, -0.25) is 4.79 Å². The predicted molar refractivity (Wildman–Crippen MR) is 70.5 cm³/mol. The van der Waals surface area contributed by atoms with Crippen LogP contribution < -0.4 is 11.1 Å². The van der Waals surface area contributed by atoms with Crippen molar-refractivity contribution in [2.75, 3.05) is 13.2 Å². The van der Waals surface area contributed by atoms with Gasteiger partial charge in [0.1, 0.15) is 0 Å². The number of aliphatic hydroxyl groups is 1. The van der Waals surface area contributed by atoms with Crippen LogP contribution in [0.5, 0.6) is 0 Å². The maximum Gasteiger partial charge on any atom is 0.222 e. The molecule has 0 saturated heterocycles. The molecule has 0 saturated carbocycles. The van der Waals surface area contributed by atoms with Crippen molar-refractivity contribution in [1.29, 1.82) is 0 Å². The van der Waals surface area contributed by atoms with E-state index >= 15 is 0 Å². The molecule has 4 heteroatoms. The van der Waals surface area contributed by atoms with Gasteiger partial charge in [0.05, 0.1) is 0 Å². The summed E-state index contributed by atoms with van der Waals surface area (Å²) in [7, 11) is 0. The molecule has 0 fully saturated rings. The average Bonchev–Trinajstić information content (AvgIpc) is 2.25. The largest absolute Gasteiger partial charge is 0.396 e. The number of nitrogens with two attached hydrogens (primary N) is 1. The Bertz CT molecular complexity index is 208. The van der Waals surface area contributed by atoms with E-state index in [0.717, 1.165) is 25.7 Å². The van der Waals surface area contributed by atoms with Crippen LogP contribution in [0.3, 0.4) is 0 Å². The first kappa shape index (κ1) is 16.4. The Morgan fingerprint density at radius 3 is 2.41 bits per heavy atom. The summed E-state index contributed by atoms with van der Waals surface area (Å²) in [6.45, 7) is 6.80. The first-order valence-electron chi connectivity index (χ1n) is 6.61. The number of aliphatic hydroxyl groups excluding tert-OH is 1. The molecule has 0 heterocycles. The first-order chi connectivity index (χ1) is 7.97. The summed E-state index contributed by atoms with van der Waals surface area (Å²) in [6.07, 6.45) is 3.60. The van der Waals surface area contributed by atoms with Crippen molar-refractivity contribution in [3.8, 4) is 0 Å². The van der Waals surface area contributed by atoms with Gasteiger partial charge in [-0.15, -0.1) is 0 Å². The zero-order valence-electron chi connectivity index (χ0n) is 11.4. The topological polar surface area (TPSA) is 75.4 Å². The molecule has 3 atom stereocenters. The molecule has 4 nitrogen and oxygen atoms in total. The molecule has 3 unspecified atom stereocenters. The van der Waals surface area contributed by atoms with Gasteiger partial charge in [0.25, 0.3) is 0 Å². The lowest BCUT2D eigenvalue weighted by Gasteiger charge is -2.15. The molecule has 0 spiro atoms. The summed E-state index contributed by atoms with van der Waals surface area (Å²) >= 11 is 0. The number of nitrogens with one attached hydrogen (secondary N) is 1. The van der Waals surface area contributed by atoms with Crippen molar-refractivity contribution in [2.45, 2.75) is 52.5 Å². The maximum absolute atomic E-state index is 11.7. The van der Waals surface area contributed by atoms with Crippen molar-refractivity contribution < 1.29 is 9.90 Å². The van der Waals surface area contributed by atoms with Gasteiger partial charge in [-0.25, -0.2) is 0 Å². The maximum atomic E-state index is 11.7. The van der Waals surface area contributed by atoms with E-state index in [-0.39, 0.29) is 24.5 Å². The second-order valence-corrected chi connectivity index (χ2v) is 5.17. The van der Waals surface area contributed by atoms with E-state index in [1.165, 1.54) is 0 Å². The van der Waals surface area contributed by atoms with E-state index in [1.54, 1.807) is 0 Å². The zero-order chi connectivity index (χ0) is 13.3. The molecular formula is C13H28N2O2. The molecule has 0 bridgehead atoms. The molecule has 4 N–H and O–H groups in total. The van der Waals surface area contributed by atoms with Crippen LogP contribution in [0.4, 0.5) is 0 Å². The number of amides is 1. The van der Waals surface area contributed by atoms with Crippen LogP contribution >= 0.6 is 0 Å². The second kappa shape index (κ2) is 9.42. The number of carbonyl (C=O) groups is 1. The van der Waals surface area contributed by atoms with Gasteiger partial charge in [-0.1, -0.05) is 20.3 Å². The minimum Gasteiger partial charge on any atom is -0.396 e. The van der Waals surface area contributed by atoms with Crippen molar-refractivity contribution in [2.24, 2.45) is 17.6 Å². The zero-order valence-corrected chi connectivity index (χ0v) is 11.4. The van der Waals surface area contributed by atoms with Crippen LogP contribution in [-0.2, 0) is 4.79 Å². The highest BCUT2D eigenvalue weighted by molar-refractivity contribution is 5.78. The number of hydrogen-bond acceptors (Lipinski definition) is 3. The van der Waals surface area contributed by atoms with E-state index in [2.05, 4.69) is 5.32 Å². The summed E-state index contributed by atoms with van der Waals surface area (Å²) < 4.78 is 0. The Labute approximate surface area is 105 Å². The number of carbonyl (C=O) groups excluding carboxylic acids is 1. The fraction of sp³-hybridized carbons (Fsp3) is 0.923. The predicted octanol–water partition coefficient (Wildman–Crippen LogP) is 1.27. The summed E-state index contributed by atoms with van der Waals surface area (Å²) in [5.41, 5.74) is 5.66. The van der Waals surface area contributed by atoms with E-state index in [0.29, 0.717) is 12.5 Å². The third kappa shape index (κ3) is 9.12. The van der Waals surface area contributed by atoms with Gasteiger partial charge >= 0.3 is 0 Å². The van der Waals surface area contributed by atoms with E-state index in [9.17, 15) is 4.79 Å². The standard InChI is InChI=1S/C13H28N2O2/c1-10(7-8-16)9-15-13(17)11(2)5-4-6-12(3)14/h10-12,16H,4-9,14H2,1-3H3,(H,15,17). The third-order valence-electron chi connectivity index (χ3n) is 2.99. The monoisotopic (exact) mass is 244 g/mol. The van der Waals surface area contributed by atoms with E-state index in [1.807, 2.05) is 20.8 Å². The van der Waals surface area contributed by atoms with Gasteiger partial charge < -0.3 is 16.2 Å². The van der Waals surface area contributed by atoms with Crippen molar-refractivity contribution in [3.05, 3.63) is 0 Å². The quantitative estimate of drug-likeness (QED) is 0.572. The van der Waals surface area contributed by atoms with Crippen molar-refractivity contribution in [3.63, 3.8) is 0 Å². The molecule has 0 aromatic carbocycles. The first-order valence-corrected chi connectivity index (χ1v) is 6.61. The van der Waals surface area contributed by atoms with Crippen LogP contribution in [0.1, 0.15) is 46.5 Å². The molecular weight excluding hydrogens is 216 g/mol.